The van der Waals surface area contributed by atoms with Crippen LogP contribution in [0.3, 0.4) is 0 Å². The van der Waals surface area contributed by atoms with Crippen LogP contribution >= 0.6 is 34.8 Å². The first-order valence-electron chi connectivity index (χ1n) is 9.06. The zero-order valence-electron chi connectivity index (χ0n) is 15.6. The van der Waals surface area contributed by atoms with Crippen molar-refractivity contribution in [2.45, 2.75) is 6.54 Å². The molecule has 1 heterocycles. The van der Waals surface area contributed by atoms with Crippen molar-refractivity contribution in [3.63, 3.8) is 0 Å². The molecule has 0 atom stereocenters. The van der Waals surface area contributed by atoms with Gasteiger partial charge in [0.05, 0.1) is 6.54 Å². The normalized spacial score (nSPS) is 10.9. The molecular formula is C22H16Cl3N3O2. The molecule has 0 aliphatic carbocycles. The van der Waals surface area contributed by atoms with Crippen molar-refractivity contribution >= 4 is 57.3 Å². The van der Waals surface area contributed by atoms with Crippen molar-refractivity contribution < 1.29 is 9.53 Å². The number of anilines is 1. The summed E-state index contributed by atoms with van der Waals surface area (Å²) >= 11 is 18.3. The first kappa shape index (κ1) is 20.5. The van der Waals surface area contributed by atoms with Gasteiger partial charge in [-0.2, -0.15) is 5.10 Å². The van der Waals surface area contributed by atoms with Crippen LogP contribution in [-0.2, 0) is 11.3 Å². The van der Waals surface area contributed by atoms with E-state index in [0.717, 1.165) is 16.3 Å². The fourth-order valence-electron chi connectivity index (χ4n) is 2.96. The third kappa shape index (κ3) is 4.87. The highest BCUT2D eigenvalue weighted by Gasteiger charge is 2.13. The van der Waals surface area contributed by atoms with E-state index in [1.807, 2.05) is 48.5 Å². The number of hydrogen-bond donors (Lipinski definition) is 1. The average Bonchev–Trinajstić information content (AvgIpc) is 3.07. The maximum absolute atomic E-state index is 12.3. The zero-order chi connectivity index (χ0) is 21.1. The van der Waals surface area contributed by atoms with E-state index in [9.17, 15) is 4.79 Å². The Kier molecular flexibility index (Phi) is 6.13. The van der Waals surface area contributed by atoms with Gasteiger partial charge in [-0.1, -0.05) is 71.2 Å². The van der Waals surface area contributed by atoms with Gasteiger partial charge in [0.1, 0.15) is 10.8 Å². The molecule has 0 fully saturated rings. The van der Waals surface area contributed by atoms with E-state index in [-0.39, 0.29) is 18.3 Å². The van der Waals surface area contributed by atoms with E-state index in [1.165, 1.54) is 0 Å². The molecule has 30 heavy (non-hydrogen) atoms. The lowest BCUT2D eigenvalue weighted by atomic mass is 10.1. The first-order valence-corrected chi connectivity index (χ1v) is 10.2. The van der Waals surface area contributed by atoms with Crippen LogP contribution in [0.4, 0.5) is 5.82 Å². The summed E-state index contributed by atoms with van der Waals surface area (Å²) in [7, 11) is 0. The number of amides is 1. The van der Waals surface area contributed by atoms with Crippen molar-refractivity contribution in [1.82, 2.24) is 9.78 Å². The Morgan fingerprint density at radius 2 is 1.77 bits per heavy atom. The number of benzene rings is 3. The summed E-state index contributed by atoms with van der Waals surface area (Å²) in [5, 5.41) is 10.5. The number of aromatic nitrogens is 2. The predicted octanol–water partition coefficient (Wildman–Crippen LogP) is 6.06. The predicted molar refractivity (Wildman–Crippen MR) is 121 cm³/mol. The van der Waals surface area contributed by atoms with Crippen LogP contribution in [-0.4, -0.2) is 22.3 Å². The van der Waals surface area contributed by atoms with Gasteiger partial charge in [-0.05, 0) is 40.6 Å². The largest absolute Gasteiger partial charge is 0.484 e. The molecule has 3 aromatic carbocycles. The monoisotopic (exact) mass is 459 g/mol. The second-order valence-electron chi connectivity index (χ2n) is 6.60. The molecule has 4 rings (SSSR count). The Hall–Kier alpha value is -2.73. The fourth-order valence-corrected chi connectivity index (χ4v) is 3.63. The fraction of sp³-hybridized carbons (Fsp3) is 0.0909. The SMILES string of the molecule is O=C(COc1ccc2ccccc2c1)Nc1nn(Cc2ccc(Cl)cc2Cl)cc1Cl. The third-order valence-electron chi connectivity index (χ3n) is 4.41. The van der Waals surface area contributed by atoms with Crippen molar-refractivity contribution in [3.8, 4) is 5.75 Å². The zero-order valence-corrected chi connectivity index (χ0v) is 17.9. The summed E-state index contributed by atoms with van der Waals surface area (Å²) in [6.45, 7) is 0.226. The van der Waals surface area contributed by atoms with E-state index < -0.39 is 0 Å². The molecule has 0 radical (unpaired) electrons. The minimum atomic E-state index is -0.361. The van der Waals surface area contributed by atoms with Gasteiger partial charge in [-0.3, -0.25) is 9.48 Å². The summed E-state index contributed by atoms with van der Waals surface area (Å²) in [6.07, 6.45) is 1.62. The smallest absolute Gasteiger partial charge is 0.263 e. The molecule has 1 N–H and O–H groups in total. The van der Waals surface area contributed by atoms with E-state index in [4.69, 9.17) is 39.5 Å². The minimum absolute atomic E-state index is 0.162. The molecule has 0 unspecified atom stereocenters. The maximum atomic E-state index is 12.3. The molecule has 5 nitrogen and oxygen atoms in total. The minimum Gasteiger partial charge on any atom is -0.484 e. The van der Waals surface area contributed by atoms with Crippen LogP contribution in [0.25, 0.3) is 10.8 Å². The van der Waals surface area contributed by atoms with Gasteiger partial charge < -0.3 is 10.1 Å². The van der Waals surface area contributed by atoms with Gasteiger partial charge in [0.15, 0.2) is 12.4 Å². The molecule has 152 valence electrons. The van der Waals surface area contributed by atoms with E-state index >= 15 is 0 Å². The molecule has 0 aliphatic rings. The van der Waals surface area contributed by atoms with Crippen LogP contribution < -0.4 is 10.1 Å². The number of carbonyl (C=O) groups is 1. The number of halogens is 3. The number of hydrogen-bond acceptors (Lipinski definition) is 3. The van der Waals surface area contributed by atoms with Gasteiger partial charge in [0, 0.05) is 16.2 Å². The number of carbonyl (C=O) groups excluding carboxylic acids is 1. The number of nitrogens with one attached hydrogen (secondary N) is 1. The Labute approximate surface area is 188 Å². The lowest BCUT2D eigenvalue weighted by Crippen LogP contribution is -2.20. The number of nitrogens with zero attached hydrogens (tertiary/aromatic N) is 2. The molecule has 8 heteroatoms. The quantitative estimate of drug-likeness (QED) is 0.380. The van der Waals surface area contributed by atoms with E-state index in [0.29, 0.717) is 27.4 Å². The van der Waals surface area contributed by atoms with Gasteiger partial charge >= 0.3 is 0 Å². The highest BCUT2D eigenvalue weighted by atomic mass is 35.5. The Bertz CT molecular complexity index is 1220. The number of ether oxygens (including phenoxy) is 1. The highest BCUT2D eigenvalue weighted by molar-refractivity contribution is 6.35. The highest BCUT2D eigenvalue weighted by Crippen LogP contribution is 2.25. The Balaban J connectivity index is 1.38. The second kappa shape index (κ2) is 8.96. The number of rotatable bonds is 6. The molecule has 4 aromatic rings. The lowest BCUT2D eigenvalue weighted by Gasteiger charge is -2.07. The molecular weight excluding hydrogens is 445 g/mol. The molecule has 0 bridgehead atoms. The maximum Gasteiger partial charge on any atom is 0.263 e. The van der Waals surface area contributed by atoms with Crippen molar-refractivity contribution in [2.24, 2.45) is 0 Å². The Morgan fingerprint density at radius 1 is 0.967 bits per heavy atom. The van der Waals surface area contributed by atoms with Crippen LogP contribution in [0.2, 0.25) is 15.1 Å². The topological polar surface area (TPSA) is 56.1 Å². The standard InChI is InChI=1S/C22H16Cl3N3O2/c23-17-7-5-16(19(24)10-17)11-28-12-20(25)22(27-28)26-21(29)13-30-18-8-6-14-3-1-2-4-15(14)9-18/h1-10,12H,11,13H2,(H,26,27,29). The van der Waals surface area contributed by atoms with Crippen LogP contribution in [0.5, 0.6) is 5.75 Å². The van der Waals surface area contributed by atoms with Gasteiger partial charge in [0.25, 0.3) is 5.91 Å². The molecule has 0 saturated carbocycles. The van der Waals surface area contributed by atoms with Crippen LogP contribution in [0.1, 0.15) is 5.56 Å². The summed E-state index contributed by atoms with van der Waals surface area (Å²) in [5.74, 6) is 0.506. The second-order valence-corrected chi connectivity index (χ2v) is 7.86. The third-order valence-corrected chi connectivity index (χ3v) is 5.28. The summed E-state index contributed by atoms with van der Waals surface area (Å²) < 4.78 is 7.19. The van der Waals surface area contributed by atoms with E-state index in [2.05, 4.69) is 10.4 Å². The lowest BCUT2D eigenvalue weighted by molar-refractivity contribution is -0.118. The van der Waals surface area contributed by atoms with Gasteiger partial charge in [0.2, 0.25) is 0 Å². The summed E-state index contributed by atoms with van der Waals surface area (Å²) in [6, 6.07) is 18.8. The van der Waals surface area contributed by atoms with Crippen LogP contribution in [0.15, 0.2) is 66.9 Å². The number of fused-ring (bicyclic) bond motifs is 1. The first-order chi connectivity index (χ1) is 14.5. The molecule has 0 aliphatic heterocycles. The molecule has 1 amide bonds. The molecule has 0 saturated heterocycles. The van der Waals surface area contributed by atoms with E-state index in [1.54, 1.807) is 23.0 Å². The molecule has 1 aromatic heterocycles. The summed E-state index contributed by atoms with van der Waals surface area (Å²) in [4.78, 5) is 12.3. The van der Waals surface area contributed by atoms with Crippen molar-refractivity contribution in [1.29, 1.82) is 0 Å². The van der Waals surface area contributed by atoms with Crippen molar-refractivity contribution in [3.05, 3.63) is 87.5 Å². The molecule has 0 spiro atoms. The Morgan fingerprint density at radius 3 is 2.57 bits per heavy atom. The van der Waals surface area contributed by atoms with Crippen LogP contribution in [0, 0.1) is 0 Å². The van der Waals surface area contributed by atoms with Gasteiger partial charge in [-0.25, -0.2) is 0 Å². The summed E-state index contributed by atoms with van der Waals surface area (Å²) in [5.41, 5.74) is 0.831. The van der Waals surface area contributed by atoms with Crippen molar-refractivity contribution in [2.75, 3.05) is 11.9 Å². The average molecular weight is 461 g/mol. The van der Waals surface area contributed by atoms with Gasteiger partial charge in [-0.15, -0.1) is 0 Å².